The minimum absolute atomic E-state index is 0.00147. The van der Waals surface area contributed by atoms with Crippen molar-refractivity contribution in [1.82, 2.24) is 10.3 Å². The van der Waals surface area contributed by atoms with Crippen LogP contribution in [0.2, 0.25) is 0 Å². The molecule has 1 aliphatic carbocycles. The zero-order valence-corrected chi connectivity index (χ0v) is 11.3. The van der Waals surface area contributed by atoms with E-state index in [9.17, 15) is 14.9 Å². The van der Waals surface area contributed by atoms with E-state index in [1.807, 2.05) is 6.07 Å². The van der Waals surface area contributed by atoms with Gasteiger partial charge in [0, 0.05) is 31.3 Å². The Labute approximate surface area is 121 Å². The second-order valence-electron chi connectivity index (χ2n) is 4.83. The van der Waals surface area contributed by atoms with Crippen LogP contribution in [0, 0.1) is 21.4 Å². The maximum atomic E-state index is 11.5. The van der Waals surface area contributed by atoms with E-state index in [0.717, 1.165) is 12.8 Å². The fourth-order valence-corrected chi connectivity index (χ4v) is 1.77. The number of rotatable bonds is 7. The highest BCUT2D eigenvalue weighted by Crippen LogP contribution is 2.22. The van der Waals surface area contributed by atoms with Crippen LogP contribution < -0.4 is 10.6 Å². The Bertz CT molecular complexity index is 592. The van der Waals surface area contributed by atoms with Gasteiger partial charge in [0.1, 0.15) is 6.07 Å². The Balaban J connectivity index is 1.83. The van der Waals surface area contributed by atoms with E-state index in [1.54, 1.807) is 0 Å². The first-order chi connectivity index (χ1) is 10.1. The number of nitrogens with one attached hydrogen (secondary N) is 2. The third kappa shape index (κ3) is 4.42. The SMILES string of the molecule is N#Cc1cnc(NCCCC(=O)NC2CC2)c([N+](=O)[O-])c1. The zero-order chi connectivity index (χ0) is 15.2. The number of aromatic nitrogens is 1. The van der Waals surface area contributed by atoms with Crippen LogP contribution in [0.15, 0.2) is 12.3 Å². The van der Waals surface area contributed by atoms with Gasteiger partial charge < -0.3 is 10.6 Å². The molecule has 1 heterocycles. The van der Waals surface area contributed by atoms with Crippen LogP contribution in [-0.2, 0) is 4.79 Å². The van der Waals surface area contributed by atoms with Crippen LogP contribution >= 0.6 is 0 Å². The number of carbonyl (C=O) groups is 1. The molecule has 0 aromatic carbocycles. The summed E-state index contributed by atoms with van der Waals surface area (Å²) in [5.41, 5.74) is -0.104. The molecule has 1 amide bonds. The van der Waals surface area contributed by atoms with Gasteiger partial charge in [0.2, 0.25) is 11.7 Å². The van der Waals surface area contributed by atoms with Crippen LogP contribution in [0.25, 0.3) is 0 Å². The third-order valence-electron chi connectivity index (χ3n) is 3.01. The molecule has 1 saturated carbocycles. The highest BCUT2D eigenvalue weighted by molar-refractivity contribution is 5.76. The molecule has 1 aromatic rings. The van der Waals surface area contributed by atoms with Crippen LogP contribution in [0.1, 0.15) is 31.2 Å². The number of nitro groups is 1. The molecule has 2 N–H and O–H groups in total. The Kier molecular flexibility index (Phi) is 4.66. The van der Waals surface area contributed by atoms with Crippen molar-refractivity contribution < 1.29 is 9.72 Å². The predicted octanol–water partition coefficient (Wildman–Crippen LogP) is 1.33. The lowest BCUT2D eigenvalue weighted by Gasteiger charge is -2.06. The monoisotopic (exact) mass is 289 g/mol. The van der Waals surface area contributed by atoms with Gasteiger partial charge >= 0.3 is 5.69 Å². The summed E-state index contributed by atoms with van der Waals surface area (Å²) < 4.78 is 0. The molecule has 1 aromatic heterocycles. The van der Waals surface area contributed by atoms with Crippen molar-refractivity contribution in [3.05, 3.63) is 27.9 Å². The third-order valence-corrected chi connectivity index (χ3v) is 3.01. The summed E-state index contributed by atoms with van der Waals surface area (Å²) in [7, 11) is 0. The molecule has 0 aliphatic heterocycles. The van der Waals surface area contributed by atoms with E-state index in [2.05, 4.69) is 15.6 Å². The van der Waals surface area contributed by atoms with Gasteiger partial charge in [-0.25, -0.2) is 4.98 Å². The van der Waals surface area contributed by atoms with Crippen molar-refractivity contribution in [2.24, 2.45) is 0 Å². The van der Waals surface area contributed by atoms with E-state index in [1.165, 1.54) is 12.3 Å². The van der Waals surface area contributed by atoms with Gasteiger partial charge in [-0.1, -0.05) is 0 Å². The Morgan fingerprint density at radius 3 is 2.95 bits per heavy atom. The summed E-state index contributed by atoms with van der Waals surface area (Å²) in [6.45, 7) is 0.401. The standard InChI is InChI=1S/C13H15N5O3/c14-7-9-6-11(18(20)21)13(16-8-9)15-5-1-2-12(19)17-10-3-4-10/h6,8,10H,1-5H2,(H,15,16)(H,17,19). The number of anilines is 1. The predicted molar refractivity (Wildman–Crippen MR) is 74.5 cm³/mol. The van der Waals surface area contributed by atoms with Gasteiger partial charge in [0.15, 0.2) is 0 Å². The maximum Gasteiger partial charge on any atom is 0.312 e. The Morgan fingerprint density at radius 2 is 2.33 bits per heavy atom. The molecule has 0 unspecified atom stereocenters. The van der Waals surface area contributed by atoms with E-state index < -0.39 is 4.92 Å². The minimum atomic E-state index is -0.587. The largest absolute Gasteiger partial charge is 0.364 e. The summed E-state index contributed by atoms with van der Waals surface area (Å²) in [6, 6.07) is 3.32. The summed E-state index contributed by atoms with van der Waals surface area (Å²) in [4.78, 5) is 25.7. The van der Waals surface area contributed by atoms with E-state index in [-0.39, 0.29) is 23.0 Å². The maximum absolute atomic E-state index is 11.5. The molecule has 0 atom stereocenters. The molecule has 0 bridgehead atoms. The molecule has 8 nitrogen and oxygen atoms in total. The highest BCUT2D eigenvalue weighted by Gasteiger charge is 2.22. The van der Waals surface area contributed by atoms with Gasteiger partial charge in [-0.15, -0.1) is 0 Å². The van der Waals surface area contributed by atoms with Crippen molar-refractivity contribution >= 4 is 17.4 Å². The first-order valence-corrected chi connectivity index (χ1v) is 6.68. The summed E-state index contributed by atoms with van der Waals surface area (Å²) in [6.07, 6.45) is 4.29. The van der Waals surface area contributed by atoms with E-state index in [0.29, 0.717) is 25.4 Å². The number of amides is 1. The first kappa shape index (κ1) is 14.7. The van der Waals surface area contributed by atoms with Crippen molar-refractivity contribution in [3.8, 4) is 6.07 Å². The van der Waals surface area contributed by atoms with Crippen LogP contribution in [-0.4, -0.2) is 28.4 Å². The van der Waals surface area contributed by atoms with Gasteiger partial charge in [-0.2, -0.15) is 5.26 Å². The van der Waals surface area contributed by atoms with Crippen LogP contribution in [0.5, 0.6) is 0 Å². The number of hydrogen-bond acceptors (Lipinski definition) is 6. The van der Waals surface area contributed by atoms with Crippen molar-refractivity contribution in [2.45, 2.75) is 31.7 Å². The Hall–Kier alpha value is -2.69. The topological polar surface area (TPSA) is 121 Å². The number of nitriles is 1. The zero-order valence-electron chi connectivity index (χ0n) is 11.3. The first-order valence-electron chi connectivity index (χ1n) is 6.68. The van der Waals surface area contributed by atoms with Gasteiger partial charge in [-0.3, -0.25) is 14.9 Å². The average Bonchev–Trinajstić information content (AvgIpc) is 3.27. The Morgan fingerprint density at radius 1 is 1.57 bits per heavy atom. The van der Waals surface area contributed by atoms with Gasteiger partial charge in [0.25, 0.3) is 0 Å². The summed E-state index contributed by atoms with van der Waals surface area (Å²) in [5, 5.41) is 25.3. The minimum Gasteiger partial charge on any atom is -0.364 e. The smallest absolute Gasteiger partial charge is 0.312 e. The molecule has 8 heteroatoms. The second-order valence-corrected chi connectivity index (χ2v) is 4.83. The molecule has 2 rings (SSSR count). The van der Waals surface area contributed by atoms with Crippen LogP contribution in [0.3, 0.4) is 0 Å². The fourth-order valence-electron chi connectivity index (χ4n) is 1.77. The molecule has 0 radical (unpaired) electrons. The fraction of sp³-hybridized carbons (Fsp3) is 0.462. The quantitative estimate of drug-likeness (QED) is 0.443. The molecular formula is C13H15N5O3. The second kappa shape index (κ2) is 6.65. The highest BCUT2D eigenvalue weighted by atomic mass is 16.6. The number of hydrogen-bond donors (Lipinski definition) is 2. The van der Waals surface area contributed by atoms with Crippen molar-refractivity contribution in [2.75, 3.05) is 11.9 Å². The number of pyridine rings is 1. The van der Waals surface area contributed by atoms with E-state index >= 15 is 0 Å². The molecule has 21 heavy (non-hydrogen) atoms. The summed E-state index contributed by atoms with van der Waals surface area (Å²) >= 11 is 0. The lowest BCUT2D eigenvalue weighted by molar-refractivity contribution is -0.384. The van der Waals surface area contributed by atoms with Crippen molar-refractivity contribution in [1.29, 1.82) is 5.26 Å². The number of nitrogens with zero attached hydrogens (tertiary/aromatic N) is 3. The van der Waals surface area contributed by atoms with Gasteiger partial charge in [0.05, 0.1) is 10.5 Å². The molecule has 0 spiro atoms. The van der Waals surface area contributed by atoms with Crippen LogP contribution in [0.4, 0.5) is 11.5 Å². The molecule has 110 valence electrons. The average molecular weight is 289 g/mol. The molecule has 1 aliphatic rings. The molecular weight excluding hydrogens is 274 g/mol. The van der Waals surface area contributed by atoms with Crippen molar-refractivity contribution in [3.63, 3.8) is 0 Å². The number of carbonyl (C=O) groups excluding carboxylic acids is 1. The molecule has 0 saturated heterocycles. The van der Waals surface area contributed by atoms with Gasteiger partial charge in [-0.05, 0) is 19.3 Å². The summed E-state index contributed by atoms with van der Waals surface area (Å²) in [5.74, 6) is 0.114. The lowest BCUT2D eigenvalue weighted by Crippen LogP contribution is -2.25. The normalized spacial score (nSPS) is 13.3. The molecule has 1 fully saturated rings. The lowest BCUT2D eigenvalue weighted by atomic mass is 10.2. The van der Waals surface area contributed by atoms with E-state index in [4.69, 9.17) is 5.26 Å².